The minimum Gasteiger partial charge on any atom is -0.361 e. The highest BCUT2D eigenvalue weighted by atomic mass is 127. The van der Waals surface area contributed by atoms with E-state index in [1.54, 1.807) is 12.3 Å². The van der Waals surface area contributed by atoms with E-state index in [0.717, 1.165) is 15.8 Å². The van der Waals surface area contributed by atoms with Crippen molar-refractivity contribution in [1.82, 2.24) is 10.6 Å². The first-order valence-electron chi connectivity index (χ1n) is 8.57. The maximum atomic E-state index is 12.3. The molecule has 132 valence electrons. The van der Waals surface area contributed by atoms with Gasteiger partial charge in [-0.05, 0) is 77.9 Å². The Hall–Kier alpha value is -2.19. The van der Waals surface area contributed by atoms with Crippen LogP contribution in [0.3, 0.4) is 0 Å². The lowest BCUT2D eigenvalue weighted by molar-refractivity contribution is -0.114. The first-order chi connectivity index (χ1) is 12.6. The van der Waals surface area contributed by atoms with Gasteiger partial charge >= 0.3 is 0 Å². The highest BCUT2D eigenvalue weighted by Gasteiger charge is 2.27. The van der Waals surface area contributed by atoms with Gasteiger partial charge in [0.25, 0.3) is 11.8 Å². The van der Waals surface area contributed by atoms with Gasteiger partial charge in [0.1, 0.15) is 0 Å². The van der Waals surface area contributed by atoms with E-state index in [2.05, 4.69) is 50.7 Å². The standard InChI is InChI=1S/C20H18IN3O2/c21-13-5-8-15-16(10-13)17(20(26)24-19(15)25)11-23-14-6-3-12(4-7-14)18-2-1-9-22-18/h3-8,10-11,18,22-23H,1-2,9H2,(H,24,25,26)/b17-11-. The van der Waals surface area contributed by atoms with E-state index in [0.29, 0.717) is 22.7 Å². The van der Waals surface area contributed by atoms with E-state index < -0.39 is 0 Å². The summed E-state index contributed by atoms with van der Waals surface area (Å²) in [5.41, 5.74) is 3.81. The number of imide groups is 1. The number of rotatable bonds is 3. The second-order valence-corrected chi connectivity index (χ2v) is 7.69. The molecular weight excluding hydrogens is 441 g/mol. The monoisotopic (exact) mass is 459 g/mol. The van der Waals surface area contributed by atoms with E-state index in [-0.39, 0.29) is 11.8 Å². The summed E-state index contributed by atoms with van der Waals surface area (Å²) in [7, 11) is 0. The van der Waals surface area contributed by atoms with Crippen LogP contribution in [0.2, 0.25) is 0 Å². The van der Waals surface area contributed by atoms with Gasteiger partial charge in [-0.1, -0.05) is 12.1 Å². The molecule has 2 aliphatic heterocycles. The normalized spacial score (nSPS) is 20.8. The Morgan fingerprint density at radius 3 is 2.58 bits per heavy atom. The Labute approximate surface area is 165 Å². The zero-order chi connectivity index (χ0) is 18.1. The molecule has 1 atom stereocenters. The van der Waals surface area contributed by atoms with Crippen molar-refractivity contribution in [3.05, 3.63) is 68.9 Å². The zero-order valence-electron chi connectivity index (χ0n) is 14.0. The fourth-order valence-electron chi connectivity index (χ4n) is 3.38. The van der Waals surface area contributed by atoms with Crippen LogP contribution >= 0.6 is 22.6 Å². The summed E-state index contributed by atoms with van der Waals surface area (Å²) < 4.78 is 0.975. The number of hydrogen-bond acceptors (Lipinski definition) is 4. The second kappa shape index (κ2) is 7.20. The zero-order valence-corrected chi connectivity index (χ0v) is 16.2. The van der Waals surface area contributed by atoms with Gasteiger partial charge in [0.15, 0.2) is 0 Å². The summed E-state index contributed by atoms with van der Waals surface area (Å²) in [5.74, 6) is -0.740. The average Bonchev–Trinajstić information content (AvgIpc) is 3.16. The lowest BCUT2D eigenvalue weighted by Gasteiger charge is -2.18. The topological polar surface area (TPSA) is 70.2 Å². The van der Waals surface area contributed by atoms with Crippen LogP contribution in [-0.2, 0) is 4.79 Å². The van der Waals surface area contributed by atoms with Crippen molar-refractivity contribution in [3.8, 4) is 0 Å². The molecule has 0 aliphatic carbocycles. The first kappa shape index (κ1) is 17.2. The smallest absolute Gasteiger partial charge is 0.260 e. The van der Waals surface area contributed by atoms with Crippen LogP contribution in [-0.4, -0.2) is 18.4 Å². The molecule has 4 rings (SSSR count). The molecule has 26 heavy (non-hydrogen) atoms. The van der Waals surface area contributed by atoms with Crippen LogP contribution in [0, 0.1) is 3.57 Å². The number of carbonyl (C=O) groups excluding carboxylic acids is 2. The molecule has 1 unspecified atom stereocenters. The van der Waals surface area contributed by atoms with E-state index >= 15 is 0 Å². The van der Waals surface area contributed by atoms with Crippen molar-refractivity contribution in [3.63, 3.8) is 0 Å². The summed E-state index contributed by atoms with van der Waals surface area (Å²) in [5, 5.41) is 9.06. The molecule has 0 saturated carbocycles. The Morgan fingerprint density at radius 2 is 1.85 bits per heavy atom. The molecule has 2 aromatic carbocycles. The van der Waals surface area contributed by atoms with Crippen molar-refractivity contribution >= 4 is 45.7 Å². The summed E-state index contributed by atoms with van der Waals surface area (Å²) >= 11 is 2.18. The van der Waals surface area contributed by atoms with Gasteiger partial charge in [-0.2, -0.15) is 0 Å². The van der Waals surface area contributed by atoms with Gasteiger partial charge in [0, 0.05) is 32.6 Å². The molecule has 0 radical (unpaired) electrons. The van der Waals surface area contributed by atoms with Crippen LogP contribution in [0.4, 0.5) is 5.69 Å². The maximum Gasteiger partial charge on any atom is 0.260 e. The number of fused-ring (bicyclic) bond motifs is 1. The molecule has 2 amide bonds. The molecule has 0 bridgehead atoms. The quantitative estimate of drug-likeness (QED) is 0.374. The van der Waals surface area contributed by atoms with Crippen molar-refractivity contribution < 1.29 is 9.59 Å². The molecular formula is C20H18IN3O2. The first-order valence-corrected chi connectivity index (χ1v) is 9.65. The SMILES string of the molecule is O=C1NC(=O)c2ccc(I)cc2/C1=C/Nc1ccc(C2CCCN2)cc1. The van der Waals surface area contributed by atoms with Gasteiger partial charge in [-0.3, -0.25) is 14.9 Å². The van der Waals surface area contributed by atoms with E-state index in [1.165, 1.54) is 18.4 Å². The van der Waals surface area contributed by atoms with Crippen LogP contribution in [0.5, 0.6) is 0 Å². The molecule has 1 saturated heterocycles. The van der Waals surface area contributed by atoms with E-state index in [1.807, 2.05) is 24.3 Å². The van der Waals surface area contributed by atoms with Crippen molar-refractivity contribution in [1.29, 1.82) is 0 Å². The molecule has 2 aliphatic rings. The summed E-state index contributed by atoms with van der Waals surface area (Å²) in [6.45, 7) is 1.07. The fourth-order valence-corrected chi connectivity index (χ4v) is 3.87. The minimum atomic E-state index is -0.385. The fraction of sp³-hybridized carbons (Fsp3) is 0.200. The number of hydrogen-bond donors (Lipinski definition) is 3. The van der Waals surface area contributed by atoms with Gasteiger partial charge in [-0.25, -0.2) is 0 Å². The van der Waals surface area contributed by atoms with Crippen LogP contribution in [0.25, 0.3) is 5.57 Å². The van der Waals surface area contributed by atoms with Crippen LogP contribution in [0.1, 0.15) is 40.4 Å². The van der Waals surface area contributed by atoms with Gasteiger partial charge in [0.2, 0.25) is 0 Å². The average molecular weight is 459 g/mol. The third kappa shape index (κ3) is 3.39. The highest BCUT2D eigenvalue weighted by Crippen LogP contribution is 2.27. The molecule has 3 N–H and O–H groups in total. The number of benzene rings is 2. The number of carbonyl (C=O) groups is 2. The molecule has 2 aromatic rings. The van der Waals surface area contributed by atoms with Crippen molar-refractivity contribution in [2.24, 2.45) is 0 Å². The Balaban J connectivity index is 1.58. The Kier molecular flexibility index (Phi) is 4.78. The minimum absolute atomic E-state index is 0.355. The Morgan fingerprint density at radius 1 is 1.04 bits per heavy atom. The Bertz CT molecular complexity index is 900. The molecule has 1 fully saturated rings. The van der Waals surface area contributed by atoms with Gasteiger partial charge < -0.3 is 10.6 Å². The molecule has 0 spiro atoms. The van der Waals surface area contributed by atoms with Crippen molar-refractivity contribution in [2.45, 2.75) is 18.9 Å². The number of amides is 2. The summed E-state index contributed by atoms with van der Waals surface area (Å²) in [4.78, 5) is 24.3. The van der Waals surface area contributed by atoms with Crippen LogP contribution < -0.4 is 16.0 Å². The highest BCUT2D eigenvalue weighted by molar-refractivity contribution is 14.1. The molecule has 5 nitrogen and oxygen atoms in total. The number of anilines is 1. The number of halogens is 1. The van der Waals surface area contributed by atoms with Crippen LogP contribution in [0.15, 0.2) is 48.7 Å². The lowest BCUT2D eigenvalue weighted by atomic mass is 9.95. The third-order valence-corrected chi connectivity index (χ3v) is 5.42. The lowest BCUT2D eigenvalue weighted by Crippen LogP contribution is -2.36. The molecule has 2 heterocycles. The third-order valence-electron chi connectivity index (χ3n) is 4.74. The second-order valence-electron chi connectivity index (χ2n) is 6.45. The van der Waals surface area contributed by atoms with E-state index in [4.69, 9.17) is 0 Å². The maximum absolute atomic E-state index is 12.3. The predicted octanol–water partition coefficient (Wildman–Crippen LogP) is 3.44. The largest absolute Gasteiger partial charge is 0.361 e. The van der Waals surface area contributed by atoms with Gasteiger partial charge in [-0.15, -0.1) is 0 Å². The summed E-state index contributed by atoms with van der Waals surface area (Å²) in [6, 6.07) is 14.1. The summed E-state index contributed by atoms with van der Waals surface area (Å²) in [6.07, 6.45) is 4.04. The van der Waals surface area contributed by atoms with Crippen molar-refractivity contribution in [2.75, 3.05) is 11.9 Å². The molecule has 0 aromatic heterocycles. The number of nitrogens with one attached hydrogen (secondary N) is 3. The predicted molar refractivity (Wildman–Crippen MR) is 110 cm³/mol. The molecule has 6 heteroatoms. The van der Waals surface area contributed by atoms with E-state index in [9.17, 15) is 9.59 Å². The van der Waals surface area contributed by atoms with Gasteiger partial charge in [0.05, 0.1) is 5.57 Å².